The number of esters is 2. The summed E-state index contributed by atoms with van der Waals surface area (Å²) in [6.45, 7) is 3.53. The number of para-hydroxylation sites is 1. The number of carboxylic acid groups (broad SMARTS) is 1. The number of hydrogen-bond donors (Lipinski definition) is 3. The Kier molecular flexibility index (Phi) is 10.7. The molecule has 0 aliphatic carbocycles. The minimum absolute atomic E-state index is 0.0294. The van der Waals surface area contributed by atoms with Gasteiger partial charge in [0, 0.05) is 5.56 Å². The summed E-state index contributed by atoms with van der Waals surface area (Å²) in [5, 5.41) is 33.3. The summed E-state index contributed by atoms with van der Waals surface area (Å²) in [5.74, 6) is -0.269. The van der Waals surface area contributed by atoms with E-state index in [1.807, 2.05) is 72.8 Å². The lowest BCUT2D eigenvalue weighted by molar-refractivity contribution is -0.179. The van der Waals surface area contributed by atoms with Crippen LogP contribution in [0.4, 0.5) is 10.5 Å². The molecule has 2 saturated heterocycles. The van der Waals surface area contributed by atoms with E-state index in [4.69, 9.17) is 9.47 Å². The van der Waals surface area contributed by atoms with Crippen LogP contribution in [0.25, 0.3) is 11.0 Å². The minimum Gasteiger partial charge on any atom is -0.508 e. The van der Waals surface area contributed by atoms with Crippen molar-refractivity contribution in [1.29, 1.82) is 0 Å². The molecule has 9 rings (SSSR count). The van der Waals surface area contributed by atoms with Gasteiger partial charge in [0.15, 0.2) is 0 Å². The van der Waals surface area contributed by atoms with E-state index in [1.165, 1.54) is 25.3 Å². The van der Waals surface area contributed by atoms with E-state index in [-0.39, 0.29) is 23.5 Å². The molecule has 1 spiro atoms. The van der Waals surface area contributed by atoms with Gasteiger partial charge in [0.2, 0.25) is 5.91 Å². The fourth-order valence-corrected chi connectivity index (χ4v) is 9.69. The number of nitrogens with zero attached hydrogens (tertiary/aromatic N) is 5. The second kappa shape index (κ2) is 16.5. The number of morpholine rings is 1. The average Bonchev–Trinajstić information content (AvgIpc) is 3.94. The summed E-state index contributed by atoms with van der Waals surface area (Å²) in [5.41, 5.74) is 1.39. The van der Waals surface area contributed by atoms with Crippen molar-refractivity contribution in [3.05, 3.63) is 155 Å². The van der Waals surface area contributed by atoms with Gasteiger partial charge in [-0.3, -0.25) is 19.3 Å². The number of rotatable bonds is 8. The molecule has 3 N–H and O–H groups in total. The number of phenolic OH excluding ortho intramolecular Hbond substituents is 1. The molecule has 2 fully saturated rings. The molecule has 15 heteroatoms. The number of aliphatic carboxylic acids is 1. The second-order valence-corrected chi connectivity index (χ2v) is 16.3. The molecule has 0 bridgehead atoms. The van der Waals surface area contributed by atoms with Crippen molar-refractivity contribution in [3.8, 4) is 17.6 Å². The smallest absolute Gasteiger partial charge is 0.329 e. The number of aromatic hydroxyl groups is 1. The molecule has 5 aromatic carbocycles. The van der Waals surface area contributed by atoms with Crippen LogP contribution in [0.15, 0.2) is 127 Å². The molecule has 4 heterocycles. The number of aromatic nitrogens is 3. The second-order valence-electron chi connectivity index (χ2n) is 16.3. The molecule has 3 aliphatic heterocycles. The van der Waals surface area contributed by atoms with Crippen LogP contribution in [0, 0.1) is 23.7 Å². The lowest BCUT2D eigenvalue weighted by atomic mass is 9.65. The fraction of sp³-hybridized carbons (Fsp3) is 0.245. The first-order valence-electron chi connectivity index (χ1n) is 20.7. The Morgan fingerprint density at radius 1 is 0.859 bits per heavy atom. The number of carbonyl (C=O) groups is 5. The molecule has 1 aromatic heterocycles. The Hall–Kier alpha value is -7.83. The summed E-state index contributed by atoms with van der Waals surface area (Å²) in [6.07, 6.45) is -0.983. The molecule has 322 valence electrons. The normalized spacial score (nSPS) is 22.9. The molecule has 3 amide bonds. The highest BCUT2D eigenvalue weighted by Gasteiger charge is 2.76. The molecule has 3 aliphatic rings. The van der Waals surface area contributed by atoms with E-state index in [0.29, 0.717) is 27.8 Å². The predicted octanol–water partition coefficient (Wildman–Crippen LogP) is 5.85. The number of imide groups is 1. The van der Waals surface area contributed by atoms with Crippen molar-refractivity contribution < 1.29 is 43.7 Å². The van der Waals surface area contributed by atoms with Gasteiger partial charge in [-0.25, -0.2) is 19.2 Å². The van der Waals surface area contributed by atoms with Gasteiger partial charge < -0.3 is 25.0 Å². The van der Waals surface area contributed by atoms with E-state index < -0.39 is 77.4 Å². The summed E-state index contributed by atoms with van der Waals surface area (Å²) < 4.78 is 13.0. The Morgan fingerprint density at radius 3 is 2.20 bits per heavy atom. The maximum absolute atomic E-state index is 16.0. The van der Waals surface area contributed by atoms with Gasteiger partial charge in [0.1, 0.15) is 47.3 Å². The number of anilines is 1. The molecular weight excluding hydrogens is 817 g/mol. The number of urea groups is 1. The molecule has 0 radical (unpaired) electrons. The number of methoxy groups -OCH3 is 1. The van der Waals surface area contributed by atoms with Crippen LogP contribution in [0.5, 0.6) is 5.75 Å². The van der Waals surface area contributed by atoms with E-state index in [9.17, 15) is 29.4 Å². The number of amides is 3. The number of hydrogen-bond acceptors (Lipinski definition) is 11. The molecular formula is C49H42N6O9. The van der Waals surface area contributed by atoms with Gasteiger partial charge in [-0.05, 0) is 70.6 Å². The van der Waals surface area contributed by atoms with Crippen molar-refractivity contribution in [1.82, 2.24) is 25.2 Å². The monoisotopic (exact) mass is 858 g/mol. The summed E-state index contributed by atoms with van der Waals surface area (Å²) in [4.78, 5) is 75.4. The zero-order valence-corrected chi connectivity index (χ0v) is 34.9. The maximum atomic E-state index is 16.0. The lowest BCUT2D eigenvalue weighted by Crippen LogP contribution is -2.56. The van der Waals surface area contributed by atoms with Gasteiger partial charge in [-0.1, -0.05) is 116 Å². The van der Waals surface area contributed by atoms with Gasteiger partial charge in [0.05, 0.1) is 30.4 Å². The van der Waals surface area contributed by atoms with Crippen molar-refractivity contribution in [2.24, 2.45) is 11.8 Å². The fourth-order valence-electron chi connectivity index (χ4n) is 9.69. The zero-order valence-electron chi connectivity index (χ0n) is 34.9. The average molecular weight is 859 g/mol. The van der Waals surface area contributed by atoms with Gasteiger partial charge in [-0.2, -0.15) is 0 Å². The van der Waals surface area contributed by atoms with Crippen molar-refractivity contribution in [2.75, 3.05) is 12.0 Å². The van der Waals surface area contributed by atoms with Crippen LogP contribution in [-0.4, -0.2) is 79.1 Å². The van der Waals surface area contributed by atoms with E-state index >= 15 is 4.79 Å². The number of benzene rings is 5. The Morgan fingerprint density at radius 2 is 1.53 bits per heavy atom. The first-order chi connectivity index (χ1) is 30.9. The molecule has 15 nitrogen and oxygen atoms in total. The number of carboxylic acids is 1. The number of nitrogens with one attached hydrogen (secondary N) is 1. The van der Waals surface area contributed by atoms with Gasteiger partial charge in [-0.15, -0.1) is 5.10 Å². The third-order valence-electron chi connectivity index (χ3n) is 12.4. The first kappa shape index (κ1) is 41.5. The molecule has 0 unspecified atom stereocenters. The lowest BCUT2D eigenvalue weighted by Gasteiger charge is -2.46. The Balaban J connectivity index is 1.29. The number of carbonyl (C=O) groups excluding carboxylic acids is 4. The van der Waals surface area contributed by atoms with Crippen LogP contribution in [0.1, 0.15) is 59.9 Å². The molecule has 64 heavy (non-hydrogen) atoms. The van der Waals surface area contributed by atoms with Crippen molar-refractivity contribution in [3.63, 3.8) is 0 Å². The summed E-state index contributed by atoms with van der Waals surface area (Å²) >= 11 is 0. The van der Waals surface area contributed by atoms with Crippen molar-refractivity contribution >= 4 is 46.6 Å². The largest absolute Gasteiger partial charge is 0.508 e. The molecule has 6 aromatic rings. The third kappa shape index (κ3) is 6.70. The first-order valence-corrected chi connectivity index (χ1v) is 20.7. The predicted molar refractivity (Wildman–Crippen MR) is 231 cm³/mol. The molecule has 0 saturated carbocycles. The SMILES string of the molecule is COC(=O)[C@@H](NC(=O)N1C(=O)[C@@]2(c3cc(C#CCn4nnc5ccccc54)ccc31)[C@H](C(=O)O)[C@H]1C(=O)O[C@H](c3ccccc3)[C@H](c3ccccc3)N1[C@@H]2c1ccc(O)cc1)C(C)C. The van der Waals surface area contributed by atoms with Crippen LogP contribution < -0.4 is 10.2 Å². The van der Waals surface area contributed by atoms with Crippen LogP contribution in [0.2, 0.25) is 0 Å². The minimum atomic E-state index is -2.24. The molecule has 7 atom stereocenters. The van der Waals surface area contributed by atoms with Crippen molar-refractivity contribution in [2.45, 2.75) is 56.1 Å². The van der Waals surface area contributed by atoms with Gasteiger partial charge in [0.25, 0.3) is 0 Å². The number of ether oxygens (including phenoxy) is 2. The van der Waals surface area contributed by atoms with Gasteiger partial charge >= 0.3 is 23.9 Å². The van der Waals surface area contributed by atoms with E-state index in [1.54, 1.807) is 59.8 Å². The zero-order chi connectivity index (χ0) is 44.9. The van der Waals surface area contributed by atoms with Crippen LogP contribution in [-0.2, 0) is 40.6 Å². The highest BCUT2D eigenvalue weighted by molar-refractivity contribution is 6.24. The van der Waals surface area contributed by atoms with E-state index in [0.717, 1.165) is 10.4 Å². The Bertz CT molecular complexity index is 2870. The highest BCUT2D eigenvalue weighted by atomic mass is 16.6. The summed E-state index contributed by atoms with van der Waals surface area (Å²) in [7, 11) is 1.18. The topological polar surface area (TPSA) is 193 Å². The van der Waals surface area contributed by atoms with Crippen LogP contribution >= 0.6 is 0 Å². The van der Waals surface area contributed by atoms with Crippen LogP contribution in [0.3, 0.4) is 0 Å². The summed E-state index contributed by atoms with van der Waals surface area (Å²) in [6, 6.07) is 30.4. The Labute approximate surface area is 367 Å². The number of cyclic esters (lactones) is 1. The standard InChI is InChI=1S/C49H42N6O9/c1-28(2)39(45(59)63-3)50-48(62)54-36-25-20-29(13-12-26-53-37-19-11-10-18-35(37)51-52-53)27-34(36)49(47(54)61)38(44(57)58)41-46(60)64-42(31-16-8-5-9-17-31)40(30-14-6-4-7-15-30)55(41)43(49)32-21-23-33(56)24-22-32/h4-11,14-25,27-28,38-43,56H,26H2,1-3H3,(H,50,62)(H,57,58)/t38-,39-,40-,41-,42+,43+,49-/m0/s1. The number of phenols is 1. The quantitative estimate of drug-likeness (QED) is 0.122. The van der Waals surface area contributed by atoms with E-state index in [2.05, 4.69) is 27.5 Å². The third-order valence-corrected chi connectivity index (χ3v) is 12.4. The number of fused-ring (bicyclic) bond motifs is 4. The highest BCUT2D eigenvalue weighted by Crippen LogP contribution is 2.66. The maximum Gasteiger partial charge on any atom is 0.329 e.